The quantitative estimate of drug-likeness (QED) is 0.157. The molecule has 0 atom stereocenters. The lowest BCUT2D eigenvalue weighted by atomic mass is 9.93. The van der Waals surface area contributed by atoms with Crippen molar-refractivity contribution in [1.82, 2.24) is 0 Å². The van der Waals surface area contributed by atoms with E-state index in [9.17, 15) is 0 Å². The lowest BCUT2D eigenvalue weighted by molar-refractivity contribution is 0.670. The highest BCUT2D eigenvalue weighted by Crippen LogP contribution is 2.46. The van der Waals surface area contributed by atoms with E-state index in [4.69, 9.17) is 4.42 Å². The van der Waals surface area contributed by atoms with Crippen LogP contribution in [0.1, 0.15) is 0 Å². The van der Waals surface area contributed by atoms with Crippen molar-refractivity contribution in [2.75, 3.05) is 4.90 Å². The van der Waals surface area contributed by atoms with E-state index >= 15 is 0 Å². The molecule has 2 nitrogen and oxygen atoms in total. The minimum atomic E-state index is 0.895. The van der Waals surface area contributed by atoms with Crippen LogP contribution >= 0.6 is 11.3 Å². The van der Waals surface area contributed by atoms with Crippen LogP contribution in [0.15, 0.2) is 217 Å². The number of nitrogens with zero attached hydrogens (tertiary/aromatic N) is 1. The van der Waals surface area contributed by atoms with E-state index in [1.807, 2.05) is 17.4 Å². The molecule has 0 aliphatic carbocycles. The molecule has 2 aromatic heterocycles. The number of anilines is 3. The van der Waals surface area contributed by atoms with E-state index < -0.39 is 0 Å². The highest BCUT2D eigenvalue weighted by molar-refractivity contribution is 7.26. The molecule has 0 unspecified atom stereocenters. The Bertz CT molecular complexity index is 3540. The fraction of sp³-hybridized carbons (Fsp3) is 0. The molecule has 0 bridgehead atoms. The van der Waals surface area contributed by atoms with Gasteiger partial charge in [-0.25, -0.2) is 0 Å². The van der Waals surface area contributed by atoms with Crippen LogP contribution in [0.2, 0.25) is 0 Å². The molecule has 0 amide bonds. The van der Waals surface area contributed by atoms with Gasteiger partial charge in [-0.1, -0.05) is 152 Å². The Kier molecular flexibility index (Phi) is 7.75. The molecule has 12 rings (SSSR count). The molecule has 0 N–H and O–H groups in total. The second kappa shape index (κ2) is 13.6. The topological polar surface area (TPSA) is 16.4 Å². The van der Waals surface area contributed by atoms with Crippen LogP contribution in [0.4, 0.5) is 17.1 Å². The van der Waals surface area contributed by atoms with Crippen LogP contribution in [0.5, 0.6) is 0 Å². The lowest BCUT2D eigenvalue weighted by Gasteiger charge is -2.27. The first-order valence-electron chi connectivity index (χ1n) is 20.1. The molecule has 0 aliphatic heterocycles. The van der Waals surface area contributed by atoms with Crippen LogP contribution in [0.25, 0.3) is 97.0 Å². The lowest BCUT2D eigenvalue weighted by Crippen LogP contribution is -2.10. The smallest absolute Gasteiger partial charge is 0.143 e. The molecular weight excluding hydrogens is 735 g/mol. The summed E-state index contributed by atoms with van der Waals surface area (Å²) in [5, 5.41) is 9.87. The number of fused-ring (bicyclic) bond motifs is 9. The Morgan fingerprint density at radius 1 is 0.356 bits per heavy atom. The number of para-hydroxylation sites is 1. The minimum absolute atomic E-state index is 0.895. The summed E-state index contributed by atoms with van der Waals surface area (Å²) in [6.07, 6.45) is 0. The van der Waals surface area contributed by atoms with E-state index in [0.717, 1.165) is 61.3 Å². The third-order valence-electron chi connectivity index (χ3n) is 11.9. The fourth-order valence-corrected chi connectivity index (χ4v) is 10.2. The van der Waals surface area contributed by atoms with Gasteiger partial charge >= 0.3 is 0 Å². The second-order valence-corrected chi connectivity index (χ2v) is 16.3. The highest BCUT2D eigenvalue weighted by atomic mass is 32.1. The molecule has 0 saturated heterocycles. The Hall–Kier alpha value is -7.46. The summed E-state index contributed by atoms with van der Waals surface area (Å²) in [5.74, 6) is 0. The van der Waals surface area contributed by atoms with Gasteiger partial charge < -0.3 is 9.32 Å². The molecule has 2 heterocycles. The zero-order valence-corrected chi connectivity index (χ0v) is 32.8. The summed E-state index contributed by atoms with van der Waals surface area (Å²) < 4.78 is 9.08. The summed E-state index contributed by atoms with van der Waals surface area (Å²) in [4.78, 5) is 2.42. The number of furan rings is 1. The first kappa shape index (κ1) is 33.7. The van der Waals surface area contributed by atoms with Crippen molar-refractivity contribution >= 4 is 92.1 Å². The molecule has 10 aromatic carbocycles. The summed E-state index contributed by atoms with van der Waals surface area (Å²) in [6.45, 7) is 0. The second-order valence-electron chi connectivity index (χ2n) is 15.2. The van der Waals surface area contributed by atoms with Crippen molar-refractivity contribution in [3.8, 4) is 33.4 Å². The minimum Gasteiger partial charge on any atom is -0.455 e. The van der Waals surface area contributed by atoms with E-state index in [-0.39, 0.29) is 0 Å². The highest BCUT2D eigenvalue weighted by Gasteiger charge is 2.20. The summed E-state index contributed by atoms with van der Waals surface area (Å²) in [7, 11) is 0. The largest absolute Gasteiger partial charge is 0.455 e. The van der Waals surface area contributed by atoms with E-state index in [2.05, 4.69) is 211 Å². The number of hydrogen-bond donors (Lipinski definition) is 0. The van der Waals surface area contributed by atoms with Gasteiger partial charge in [0.25, 0.3) is 0 Å². The van der Waals surface area contributed by atoms with Gasteiger partial charge in [0.15, 0.2) is 0 Å². The SMILES string of the molecule is c1ccc(-c2cccc3c2oc2ccc(-c4ccc(N(c5ccc(-c6cc7ccccc7c7ccccc67)cc5)c5cccc6sc7ccccc7c56)cc4)cc23)cc1. The third kappa shape index (κ3) is 5.55. The summed E-state index contributed by atoms with van der Waals surface area (Å²) >= 11 is 1.85. The van der Waals surface area contributed by atoms with Crippen LogP contribution in [0.3, 0.4) is 0 Å². The molecule has 0 aliphatic rings. The standard InChI is InChI=1S/C56H35NOS/c1-2-12-37(13-3-1)44-19-10-20-47-50-34-39(28-33-52(50)58-56(44)47)36-24-29-41(30-25-36)57(51-21-11-23-54-55(51)48-18-8-9-22-53(48)59-54)42-31-26-38(27-32-42)49-35-40-14-4-5-15-43(40)45-16-6-7-17-46(45)49/h1-35H. The van der Waals surface area contributed by atoms with Crippen molar-refractivity contribution in [2.24, 2.45) is 0 Å². The maximum atomic E-state index is 6.51. The number of rotatable bonds is 6. The molecule has 12 aromatic rings. The van der Waals surface area contributed by atoms with Crippen molar-refractivity contribution in [3.63, 3.8) is 0 Å². The predicted molar refractivity (Wildman–Crippen MR) is 253 cm³/mol. The van der Waals surface area contributed by atoms with Crippen LogP contribution in [-0.2, 0) is 0 Å². The average Bonchev–Trinajstić information content (AvgIpc) is 3.88. The molecular formula is C56H35NOS. The maximum Gasteiger partial charge on any atom is 0.143 e. The zero-order valence-electron chi connectivity index (χ0n) is 32.0. The van der Waals surface area contributed by atoms with E-state index in [1.54, 1.807) is 0 Å². The van der Waals surface area contributed by atoms with E-state index in [0.29, 0.717) is 0 Å². The monoisotopic (exact) mass is 769 g/mol. The molecule has 0 saturated carbocycles. The van der Waals surface area contributed by atoms with Crippen molar-refractivity contribution < 1.29 is 4.42 Å². The van der Waals surface area contributed by atoms with Gasteiger partial charge in [0.1, 0.15) is 11.2 Å². The molecule has 3 heteroatoms. The predicted octanol–water partition coefficient (Wildman–Crippen LogP) is 16.7. The Morgan fingerprint density at radius 3 is 1.78 bits per heavy atom. The zero-order chi connectivity index (χ0) is 38.9. The third-order valence-corrected chi connectivity index (χ3v) is 13.0. The number of benzene rings is 10. The van der Waals surface area contributed by atoms with Gasteiger partial charge in [-0.15, -0.1) is 11.3 Å². The molecule has 0 fully saturated rings. The molecule has 276 valence electrons. The number of hydrogen-bond acceptors (Lipinski definition) is 3. The van der Waals surface area contributed by atoms with Crippen LogP contribution < -0.4 is 4.90 Å². The Balaban J connectivity index is 0.978. The van der Waals surface area contributed by atoms with Gasteiger partial charge in [0, 0.05) is 47.9 Å². The van der Waals surface area contributed by atoms with Crippen molar-refractivity contribution in [2.45, 2.75) is 0 Å². The summed E-state index contributed by atoms with van der Waals surface area (Å²) in [5.41, 5.74) is 12.2. The van der Waals surface area contributed by atoms with Gasteiger partial charge in [0.2, 0.25) is 0 Å². The fourth-order valence-electron chi connectivity index (χ4n) is 9.08. The molecule has 0 spiro atoms. The molecule has 59 heavy (non-hydrogen) atoms. The Morgan fingerprint density at radius 2 is 0.966 bits per heavy atom. The van der Waals surface area contributed by atoms with Crippen molar-refractivity contribution in [1.29, 1.82) is 0 Å². The van der Waals surface area contributed by atoms with Crippen LogP contribution in [0, 0.1) is 0 Å². The van der Waals surface area contributed by atoms with Crippen molar-refractivity contribution in [3.05, 3.63) is 212 Å². The summed E-state index contributed by atoms with van der Waals surface area (Å²) in [6, 6.07) is 76.9. The Labute approximate surface area is 345 Å². The van der Waals surface area contributed by atoms with Gasteiger partial charge in [0.05, 0.1) is 5.69 Å². The average molecular weight is 770 g/mol. The molecule has 0 radical (unpaired) electrons. The number of thiophene rings is 1. The first-order chi connectivity index (χ1) is 29.2. The van der Waals surface area contributed by atoms with Gasteiger partial charge in [-0.3, -0.25) is 0 Å². The van der Waals surface area contributed by atoms with Gasteiger partial charge in [-0.05, 0) is 110 Å². The van der Waals surface area contributed by atoms with Crippen LogP contribution in [-0.4, -0.2) is 0 Å². The first-order valence-corrected chi connectivity index (χ1v) is 20.9. The van der Waals surface area contributed by atoms with E-state index in [1.165, 1.54) is 52.8 Å². The normalized spacial score (nSPS) is 11.7. The van der Waals surface area contributed by atoms with Gasteiger partial charge in [-0.2, -0.15) is 0 Å². The maximum absolute atomic E-state index is 6.51.